The van der Waals surface area contributed by atoms with Crippen molar-refractivity contribution in [2.75, 3.05) is 11.9 Å². The number of nitrogens with zero attached hydrogens (tertiary/aromatic N) is 2. The number of rotatable bonds is 5. The molecule has 0 saturated heterocycles. The molecule has 96 valence electrons. The van der Waals surface area contributed by atoms with E-state index in [1.54, 1.807) is 0 Å². The molecule has 0 aliphatic heterocycles. The van der Waals surface area contributed by atoms with Gasteiger partial charge in [0, 0.05) is 0 Å². The molecule has 0 aliphatic rings. The molecule has 1 amide bonds. The summed E-state index contributed by atoms with van der Waals surface area (Å²) in [6, 6.07) is 6.01. The summed E-state index contributed by atoms with van der Waals surface area (Å²) in [5, 5.41) is 6.03. The van der Waals surface area contributed by atoms with Gasteiger partial charge in [0.25, 0.3) is 0 Å². The van der Waals surface area contributed by atoms with E-state index in [4.69, 9.17) is 0 Å². The monoisotopic (exact) mass is 312 g/mol. The molecule has 2 N–H and O–H groups in total. The van der Waals surface area contributed by atoms with E-state index in [-0.39, 0.29) is 20.9 Å². The molecule has 0 aliphatic carbocycles. The third-order valence-corrected chi connectivity index (χ3v) is 3.92. The Labute approximate surface area is 112 Å². The van der Waals surface area contributed by atoms with E-state index < -0.39 is 0 Å². The summed E-state index contributed by atoms with van der Waals surface area (Å²) in [5.41, 5.74) is 2.45. The number of benzene rings is 1. The maximum atomic E-state index is 11.8. The van der Waals surface area contributed by atoms with Gasteiger partial charge in [-0.15, -0.1) is 0 Å². The van der Waals surface area contributed by atoms with Crippen molar-refractivity contribution in [1.82, 2.24) is 13.3 Å². The van der Waals surface area contributed by atoms with Crippen molar-refractivity contribution in [3.05, 3.63) is 18.2 Å². The van der Waals surface area contributed by atoms with E-state index in [0.717, 1.165) is 23.1 Å². The molecule has 0 bridgehead atoms. The Morgan fingerprint density at radius 2 is 2.28 bits per heavy atom. The minimum absolute atomic E-state index is 0.0432. The van der Waals surface area contributed by atoms with E-state index in [1.807, 2.05) is 18.2 Å². The predicted molar refractivity (Wildman–Crippen MR) is 72.9 cm³/mol. The number of nitrogens with one attached hydrogen (secondary N) is 2. The van der Waals surface area contributed by atoms with E-state index >= 15 is 0 Å². The molecule has 1 atom stereocenters. The van der Waals surface area contributed by atoms with Gasteiger partial charge in [-0.25, -0.2) is 0 Å². The fourth-order valence-electron chi connectivity index (χ4n) is 1.51. The number of carbonyl (C=O) groups excluding carboxylic acids is 1. The minimum atomic E-state index is -0.0713. The molecule has 1 unspecified atom stereocenters. The first-order valence-electron chi connectivity index (χ1n) is 5.95. The van der Waals surface area contributed by atoms with Gasteiger partial charge in [-0.2, -0.15) is 0 Å². The zero-order valence-corrected chi connectivity index (χ0v) is 12.1. The molecule has 5 nitrogen and oxygen atoms in total. The topological polar surface area (TPSA) is 66.9 Å². The van der Waals surface area contributed by atoms with Gasteiger partial charge in [0.15, 0.2) is 0 Å². The molecule has 6 heteroatoms. The normalized spacial score (nSPS) is 12.6. The number of carbonyl (C=O) groups is 1. The van der Waals surface area contributed by atoms with Gasteiger partial charge in [-0.3, -0.25) is 0 Å². The molecule has 0 fully saturated rings. The number of hydrogen-bond acceptors (Lipinski definition) is 4. The second-order valence-electron chi connectivity index (χ2n) is 4.18. The summed E-state index contributed by atoms with van der Waals surface area (Å²) in [6.45, 7) is 4.47. The van der Waals surface area contributed by atoms with Crippen molar-refractivity contribution in [1.29, 1.82) is 0 Å². The van der Waals surface area contributed by atoms with Crippen LogP contribution in [0.15, 0.2) is 18.2 Å². The van der Waals surface area contributed by atoms with Crippen LogP contribution in [-0.4, -0.2) is 41.4 Å². The first kappa shape index (κ1) is 13.2. The number of anilines is 1. The van der Waals surface area contributed by atoms with Crippen molar-refractivity contribution in [2.45, 2.75) is 26.3 Å². The maximum absolute atomic E-state index is 11.8. The third kappa shape index (κ3) is 3.16. The molecule has 1 aromatic heterocycles. The third-order valence-electron chi connectivity index (χ3n) is 2.78. The molecule has 0 saturated carbocycles. The number of amides is 1. The Kier molecular flexibility index (Phi) is 4.47. The first-order chi connectivity index (χ1) is 8.70. The van der Waals surface area contributed by atoms with Gasteiger partial charge in [-0.1, -0.05) is 0 Å². The molecule has 1 aromatic carbocycles. The fraction of sp³-hybridized carbons (Fsp3) is 0.417. The van der Waals surface area contributed by atoms with Crippen molar-refractivity contribution >= 4 is 37.6 Å². The molecular formula is C12H16N4OSe. The van der Waals surface area contributed by atoms with Crippen LogP contribution in [0.3, 0.4) is 0 Å². The summed E-state index contributed by atoms with van der Waals surface area (Å²) in [5.74, 6) is -0.0432. The van der Waals surface area contributed by atoms with Crippen molar-refractivity contribution in [2.24, 2.45) is 0 Å². The zero-order valence-electron chi connectivity index (χ0n) is 10.4. The number of fused-ring (bicyclic) bond motifs is 1. The fourth-order valence-corrected chi connectivity index (χ4v) is 2.67. The number of hydrogen-bond donors (Lipinski definition) is 2. The average molecular weight is 311 g/mol. The van der Waals surface area contributed by atoms with E-state index in [2.05, 4.69) is 32.4 Å². The molecule has 2 rings (SSSR count). The summed E-state index contributed by atoms with van der Waals surface area (Å²) in [6.07, 6.45) is 1.00. The van der Waals surface area contributed by atoms with Crippen LogP contribution < -0.4 is 10.6 Å². The molecule has 18 heavy (non-hydrogen) atoms. The average Bonchev–Trinajstić information content (AvgIpc) is 2.85. The van der Waals surface area contributed by atoms with Gasteiger partial charge in [0.1, 0.15) is 0 Å². The van der Waals surface area contributed by atoms with Crippen LogP contribution in [-0.2, 0) is 4.79 Å². The van der Waals surface area contributed by atoms with E-state index in [9.17, 15) is 4.79 Å². The second-order valence-corrected chi connectivity index (χ2v) is 5.28. The Hall–Kier alpha value is -1.23. The van der Waals surface area contributed by atoms with Crippen molar-refractivity contribution in [3.63, 3.8) is 0 Å². The van der Waals surface area contributed by atoms with Crippen LogP contribution in [0.4, 0.5) is 5.69 Å². The Balaban J connectivity index is 2.00. The molecule has 2 aromatic rings. The Morgan fingerprint density at radius 3 is 3.06 bits per heavy atom. The molecule has 1 heterocycles. The van der Waals surface area contributed by atoms with Gasteiger partial charge in [0.05, 0.1) is 0 Å². The van der Waals surface area contributed by atoms with Crippen LogP contribution in [0, 0.1) is 0 Å². The van der Waals surface area contributed by atoms with Crippen LogP contribution in [0.1, 0.15) is 20.3 Å². The van der Waals surface area contributed by atoms with Crippen LogP contribution in [0.2, 0.25) is 0 Å². The van der Waals surface area contributed by atoms with Crippen LogP contribution >= 0.6 is 0 Å². The van der Waals surface area contributed by atoms with Crippen LogP contribution in [0.25, 0.3) is 11.0 Å². The number of aromatic nitrogens is 2. The van der Waals surface area contributed by atoms with Crippen molar-refractivity contribution < 1.29 is 4.79 Å². The quantitative estimate of drug-likeness (QED) is 0.809. The van der Waals surface area contributed by atoms with Gasteiger partial charge in [-0.05, 0) is 0 Å². The van der Waals surface area contributed by atoms with Gasteiger partial charge < -0.3 is 0 Å². The summed E-state index contributed by atoms with van der Waals surface area (Å²) in [4.78, 5) is 11.8. The van der Waals surface area contributed by atoms with E-state index in [1.165, 1.54) is 0 Å². The van der Waals surface area contributed by atoms with Crippen molar-refractivity contribution in [3.8, 4) is 0 Å². The SMILES string of the molecule is CCC(C)NCC(=O)Nc1cccc2n[se]nc12. The molecular weight excluding hydrogens is 295 g/mol. The van der Waals surface area contributed by atoms with Crippen LogP contribution in [0.5, 0.6) is 0 Å². The first-order valence-corrected chi connectivity index (χ1v) is 7.48. The second kappa shape index (κ2) is 6.09. The summed E-state index contributed by atoms with van der Waals surface area (Å²) in [7, 11) is 0. The predicted octanol–water partition coefficient (Wildman–Crippen LogP) is 1.01. The Bertz CT molecular complexity index is 540. The van der Waals surface area contributed by atoms with Gasteiger partial charge in [0.2, 0.25) is 0 Å². The zero-order chi connectivity index (χ0) is 13.0. The van der Waals surface area contributed by atoms with Gasteiger partial charge >= 0.3 is 112 Å². The van der Waals surface area contributed by atoms with E-state index in [0.29, 0.717) is 12.6 Å². The molecule has 0 spiro atoms. The standard InChI is InChI=1S/C12H16N4OSe/c1-3-8(2)13-7-11(17)14-9-5-4-6-10-12(9)16-18-15-10/h4-6,8,13H,3,7H2,1-2H3,(H,14,17). The Morgan fingerprint density at radius 1 is 1.44 bits per heavy atom. The molecule has 0 radical (unpaired) electrons. The summed E-state index contributed by atoms with van der Waals surface area (Å²) < 4.78 is 8.61. The summed E-state index contributed by atoms with van der Waals surface area (Å²) >= 11 is -0.0713.